The molecule has 4 heteroatoms. The minimum atomic E-state index is 0.0354. The van der Waals surface area contributed by atoms with Gasteiger partial charge in [0.15, 0.2) is 0 Å². The summed E-state index contributed by atoms with van der Waals surface area (Å²) in [5, 5.41) is 9.48. The molecule has 4 nitrogen and oxygen atoms in total. The summed E-state index contributed by atoms with van der Waals surface area (Å²) in [6.45, 7) is 13.4. The van der Waals surface area contributed by atoms with Crippen molar-refractivity contribution in [1.29, 1.82) is 0 Å². The van der Waals surface area contributed by atoms with E-state index >= 15 is 0 Å². The summed E-state index contributed by atoms with van der Waals surface area (Å²) in [4.78, 5) is 0. The van der Waals surface area contributed by atoms with E-state index in [2.05, 4.69) is 77.1 Å². The zero-order chi connectivity index (χ0) is 19.4. The average Bonchev–Trinajstić information content (AvgIpc) is 3.14. The van der Waals surface area contributed by atoms with Gasteiger partial charge in [0.1, 0.15) is 0 Å². The maximum atomic E-state index is 4.89. The fourth-order valence-electron chi connectivity index (χ4n) is 3.89. The van der Waals surface area contributed by atoms with E-state index in [1.165, 1.54) is 27.7 Å². The molecule has 0 amide bonds. The van der Waals surface area contributed by atoms with Crippen LogP contribution in [-0.4, -0.2) is 19.2 Å². The summed E-state index contributed by atoms with van der Waals surface area (Å²) in [5.74, 6) is 0. The first-order chi connectivity index (χ1) is 12.6. The Morgan fingerprint density at radius 1 is 0.852 bits per heavy atom. The molecule has 0 aliphatic rings. The lowest BCUT2D eigenvalue weighted by Gasteiger charge is -2.19. The van der Waals surface area contributed by atoms with E-state index in [-0.39, 0.29) is 10.8 Å². The molecule has 0 N–H and O–H groups in total. The molecule has 0 unspecified atom stereocenters. The molecule has 140 valence electrons. The van der Waals surface area contributed by atoms with Gasteiger partial charge in [0.05, 0.1) is 22.9 Å². The minimum Gasteiger partial charge on any atom is -0.240 e. The molecular formula is C23H28N4. The van der Waals surface area contributed by atoms with Crippen molar-refractivity contribution < 1.29 is 0 Å². The molecule has 4 aromatic rings. The van der Waals surface area contributed by atoms with Gasteiger partial charge in [0.25, 0.3) is 0 Å². The number of hydrogen-bond acceptors (Lipinski definition) is 2. The fraction of sp³-hybridized carbons (Fsp3) is 0.391. The van der Waals surface area contributed by atoms with Crippen LogP contribution in [-0.2, 0) is 17.3 Å². The van der Waals surface area contributed by atoms with E-state index in [1.807, 2.05) is 27.5 Å². The third-order valence-corrected chi connectivity index (χ3v) is 5.12. The van der Waals surface area contributed by atoms with Crippen molar-refractivity contribution in [3.05, 3.63) is 71.3 Å². The Kier molecular flexibility index (Phi) is 3.91. The Bertz CT molecular complexity index is 1120. The Hall–Kier alpha value is -2.62. The Labute approximate surface area is 160 Å². The SMILES string of the molecule is CC(C)(C)c1cnn2cc(Cc3nn4ccccc4c3C(C)(C)C)ccc12. The third kappa shape index (κ3) is 3.14. The standard InChI is InChI=1S/C23H28N4/c1-22(2,3)17-14-24-27-15-16(10-11-19(17)27)13-18-21(23(4,5)6)20-9-7-8-12-26(20)25-18/h7-12,14-15H,13H2,1-6H3. The van der Waals surface area contributed by atoms with E-state index in [4.69, 9.17) is 5.10 Å². The van der Waals surface area contributed by atoms with Crippen LogP contribution in [0.2, 0.25) is 0 Å². The van der Waals surface area contributed by atoms with Gasteiger partial charge in [-0.1, -0.05) is 53.7 Å². The minimum absolute atomic E-state index is 0.0354. The van der Waals surface area contributed by atoms with Crippen LogP contribution in [0.1, 0.15) is 63.9 Å². The zero-order valence-corrected chi connectivity index (χ0v) is 17.1. The molecule has 0 aliphatic heterocycles. The molecule has 0 saturated carbocycles. The van der Waals surface area contributed by atoms with Gasteiger partial charge >= 0.3 is 0 Å². The molecule has 0 spiro atoms. The summed E-state index contributed by atoms with van der Waals surface area (Å²) in [5.41, 5.74) is 7.44. The van der Waals surface area contributed by atoms with Gasteiger partial charge in [0.2, 0.25) is 0 Å². The van der Waals surface area contributed by atoms with Crippen LogP contribution in [0.25, 0.3) is 11.0 Å². The number of rotatable bonds is 2. The molecular weight excluding hydrogens is 332 g/mol. The van der Waals surface area contributed by atoms with Crippen molar-refractivity contribution in [2.24, 2.45) is 0 Å². The normalized spacial score (nSPS) is 13.0. The summed E-state index contributed by atoms with van der Waals surface area (Å²) < 4.78 is 4.00. The summed E-state index contributed by atoms with van der Waals surface area (Å²) in [6, 6.07) is 10.7. The quantitative estimate of drug-likeness (QED) is 0.494. The smallest absolute Gasteiger partial charge is 0.0716 e. The number of pyridine rings is 2. The Morgan fingerprint density at radius 2 is 1.63 bits per heavy atom. The molecule has 0 fully saturated rings. The van der Waals surface area contributed by atoms with Gasteiger partial charge in [-0.25, -0.2) is 9.03 Å². The van der Waals surface area contributed by atoms with E-state index in [1.54, 1.807) is 0 Å². The van der Waals surface area contributed by atoms with Gasteiger partial charge in [-0.3, -0.25) is 0 Å². The van der Waals surface area contributed by atoms with Gasteiger partial charge < -0.3 is 0 Å². The van der Waals surface area contributed by atoms with Crippen LogP contribution in [0.15, 0.2) is 48.9 Å². The van der Waals surface area contributed by atoms with E-state index in [0.717, 1.165) is 12.1 Å². The lowest BCUT2D eigenvalue weighted by molar-refractivity contribution is 0.589. The Balaban J connectivity index is 1.79. The second-order valence-electron chi connectivity index (χ2n) is 9.45. The molecule has 4 rings (SSSR count). The molecule has 0 radical (unpaired) electrons. The van der Waals surface area contributed by atoms with Crippen molar-refractivity contribution in [2.45, 2.75) is 58.8 Å². The second kappa shape index (κ2) is 5.95. The fourth-order valence-corrected chi connectivity index (χ4v) is 3.89. The molecule has 4 heterocycles. The van der Waals surface area contributed by atoms with Crippen LogP contribution < -0.4 is 0 Å². The molecule has 4 aromatic heterocycles. The van der Waals surface area contributed by atoms with Crippen molar-refractivity contribution in [3.63, 3.8) is 0 Å². The average molecular weight is 361 g/mol. The molecule has 0 aromatic carbocycles. The summed E-state index contributed by atoms with van der Waals surface area (Å²) in [6.07, 6.45) is 6.96. The van der Waals surface area contributed by atoms with E-state index in [0.29, 0.717) is 0 Å². The van der Waals surface area contributed by atoms with E-state index < -0.39 is 0 Å². The first-order valence-electron chi connectivity index (χ1n) is 9.58. The predicted molar refractivity (Wildman–Crippen MR) is 111 cm³/mol. The van der Waals surface area contributed by atoms with Crippen LogP contribution in [0.3, 0.4) is 0 Å². The van der Waals surface area contributed by atoms with Crippen LogP contribution in [0.4, 0.5) is 0 Å². The lowest BCUT2D eigenvalue weighted by atomic mass is 9.84. The molecule has 0 atom stereocenters. The molecule has 0 bridgehead atoms. The van der Waals surface area contributed by atoms with Crippen molar-refractivity contribution in [3.8, 4) is 0 Å². The predicted octanol–water partition coefficient (Wildman–Crippen LogP) is 5.17. The monoisotopic (exact) mass is 360 g/mol. The van der Waals surface area contributed by atoms with Crippen LogP contribution in [0, 0.1) is 0 Å². The zero-order valence-electron chi connectivity index (χ0n) is 17.1. The lowest BCUT2D eigenvalue weighted by Crippen LogP contribution is -2.13. The highest BCUT2D eigenvalue weighted by atomic mass is 15.2. The van der Waals surface area contributed by atoms with Crippen LogP contribution in [0.5, 0.6) is 0 Å². The van der Waals surface area contributed by atoms with Crippen LogP contribution >= 0.6 is 0 Å². The van der Waals surface area contributed by atoms with E-state index in [9.17, 15) is 0 Å². The number of fused-ring (bicyclic) bond motifs is 2. The second-order valence-corrected chi connectivity index (χ2v) is 9.45. The highest BCUT2D eigenvalue weighted by Crippen LogP contribution is 2.32. The molecule has 0 saturated heterocycles. The number of hydrogen-bond donors (Lipinski definition) is 0. The van der Waals surface area contributed by atoms with Gasteiger partial charge in [-0.15, -0.1) is 0 Å². The maximum absolute atomic E-state index is 4.89. The van der Waals surface area contributed by atoms with Gasteiger partial charge in [-0.2, -0.15) is 10.2 Å². The topological polar surface area (TPSA) is 34.6 Å². The van der Waals surface area contributed by atoms with Crippen molar-refractivity contribution in [2.75, 3.05) is 0 Å². The van der Waals surface area contributed by atoms with Crippen molar-refractivity contribution >= 4 is 11.0 Å². The molecule has 0 aliphatic carbocycles. The number of aromatic nitrogens is 4. The number of nitrogens with zero attached hydrogens (tertiary/aromatic N) is 4. The first kappa shape index (κ1) is 17.8. The van der Waals surface area contributed by atoms with Crippen molar-refractivity contribution in [1.82, 2.24) is 19.2 Å². The highest BCUT2D eigenvalue weighted by molar-refractivity contribution is 5.61. The Morgan fingerprint density at radius 3 is 2.33 bits per heavy atom. The van der Waals surface area contributed by atoms with Gasteiger partial charge in [0, 0.05) is 29.9 Å². The first-order valence-corrected chi connectivity index (χ1v) is 9.58. The molecule has 27 heavy (non-hydrogen) atoms. The maximum Gasteiger partial charge on any atom is 0.0716 e. The summed E-state index contributed by atoms with van der Waals surface area (Å²) >= 11 is 0. The highest BCUT2D eigenvalue weighted by Gasteiger charge is 2.24. The third-order valence-electron chi connectivity index (χ3n) is 5.12. The summed E-state index contributed by atoms with van der Waals surface area (Å²) in [7, 11) is 0. The van der Waals surface area contributed by atoms with Gasteiger partial charge in [-0.05, 0) is 34.6 Å². The largest absolute Gasteiger partial charge is 0.240 e.